The van der Waals surface area contributed by atoms with E-state index in [0.717, 1.165) is 35.6 Å². The van der Waals surface area contributed by atoms with Crippen molar-refractivity contribution in [2.45, 2.75) is 80.6 Å². The topological polar surface area (TPSA) is 123 Å². The molecule has 1 amide bonds. The highest BCUT2D eigenvalue weighted by Gasteiger charge is 2.39. The number of alkyl carbamates (subject to hydrolysis) is 1. The molecule has 2 aromatic heterocycles. The minimum atomic E-state index is -3.46. The van der Waals surface area contributed by atoms with Crippen molar-refractivity contribution >= 4 is 38.9 Å². The molecule has 0 unspecified atom stereocenters. The van der Waals surface area contributed by atoms with Crippen LogP contribution in [0.4, 0.5) is 16.4 Å². The van der Waals surface area contributed by atoms with Gasteiger partial charge in [0.25, 0.3) is 0 Å². The lowest BCUT2D eigenvalue weighted by Crippen LogP contribution is -2.38. The number of amides is 1. The molecule has 2 N–H and O–H groups in total. The van der Waals surface area contributed by atoms with E-state index < -0.39 is 9.84 Å². The lowest BCUT2D eigenvalue weighted by Gasteiger charge is -2.28. The first-order chi connectivity index (χ1) is 17.8. The first kappa shape index (κ1) is 25.6. The monoisotopic (exact) mass is 541 g/mol. The molecular weight excluding hydrogens is 510 g/mol. The molecule has 2 aliphatic carbocycles. The second-order valence-corrected chi connectivity index (χ2v) is 13.1. The summed E-state index contributed by atoms with van der Waals surface area (Å²) in [4.78, 5) is 26.1. The van der Waals surface area contributed by atoms with Crippen LogP contribution in [0.2, 0.25) is 0 Å². The summed E-state index contributed by atoms with van der Waals surface area (Å²) in [5.74, 6) is 0.699. The van der Waals surface area contributed by atoms with E-state index in [1.165, 1.54) is 0 Å². The molecule has 2 heterocycles. The number of ether oxygens (including phenoxy) is 1. The Kier molecular flexibility index (Phi) is 7.43. The van der Waals surface area contributed by atoms with E-state index in [1.54, 1.807) is 42.1 Å². The van der Waals surface area contributed by atoms with Gasteiger partial charge in [-0.3, -0.25) is 0 Å². The van der Waals surface area contributed by atoms with Crippen molar-refractivity contribution in [2.75, 3.05) is 5.32 Å². The van der Waals surface area contributed by atoms with E-state index in [2.05, 4.69) is 20.6 Å². The van der Waals surface area contributed by atoms with Crippen LogP contribution in [0.5, 0.6) is 0 Å². The number of sulfone groups is 1. The Labute approximate surface area is 221 Å². The summed E-state index contributed by atoms with van der Waals surface area (Å²) in [6.45, 7) is 3.67. The van der Waals surface area contributed by atoms with Crippen molar-refractivity contribution in [3.8, 4) is 10.4 Å². The van der Waals surface area contributed by atoms with Gasteiger partial charge in [0.15, 0.2) is 9.84 Å². The normalized spacial score (nSPS) is 20.0. The van der Waals surface area contributed by atoms with Gasteiger partial charge < -0.3 is 15.4 Å². The molecule has 2 saturated carbocycles. The van der Waals surface area contributed by atoms with Crippen LogP contribution in [-0.2, 0) is 14.6 Å². The highest BCUT2D eigenvalue weighted by Crippen LogP contribution is 2.43. The summed E-state index contributed by atoms with van der Waals surface area (Å²) in [5.41, 5.74) is 1.31. The van der Waals surface area contributed by atoms with Gasteiger partial charge in [-0.2, -0.15) is 0 Å². The minimum Gasteiger partial charge on any atom is -0.447 e. The maximum Gasteiger partial charge on any atom is 0.407 e. The van der Waals surface area contributed by atoms with Crippen molar-refractivity contribution in [3.05, 3.63) is 47.9 Å². The molecule has 9 nitrogen and oxygen atoms in total. The number of benzene rings is 1. The summed E-state index contributed by atoms with van der Waals surface area (Å²) in [7, 11) is -3.46. The average Bonchev–Trinajstić information content (AvgIpc) is 3.63. The fraction of sp³-hybridized carbons (Fsp3) is 0.462. The van der Waals surface area contributed by atoms with Gasteiger partial charge in [-0.1, -0.05) is 6.07 Å². The van der Waals surface area contributed by atoms with Crippen molar-refractivity contribution in [3.63, 3.8) is 0 Å². The number of aromatic nitrogens is 3. The van der Waals surface area contributed by atoms with Gasteiger partial charge in [-0.15, -0.1) is 11.3 Å². The van der Waals surface area contributed by atoms with E-state index in [0.29, 0.717) is 34.9 Å². The number of hydrogen-bond acceptors (Lipinski definition) is 9. The summed E-state index contributed by atoms with van der Waals surface area (Å²) in [5, 5.41) is 6.74. The minimum absolute atomic E-state index is 0.103. The number of carbonyl (C=O) groups is 1. The summed E-state index contributed by atoms with van der Waals surface area (Å²) in [6, 6.07) is 7.21. The molecular formula is C26H31N5O4S2. The molecule has 37 heavy (non-hydrogen) atoms. The van der Waals surface area contributed by atoms with Crippen LogP contribution in [-0.4, -0.2) is 46.9 Å². The number of rotatable bonds is 8. The van der Waals surface area contributed by atoms with Crippen LogP contribution in [0.3, 0.4) is 0 Å². The van der Waals surface area contributed by atoms with Crippen LogP contribution in [0.1, 0.15) is 63.3 Å². The molecule has 0 atom stereocenters. The first-order valence-corrected chi connectivity index (χ1v) is 15.0. The Balaban J connectivity index is 1.33. The van der Waals surface area contributed by atoms with Crippen LogP contribution in [0.25, 0.3) is 10.4 Å². The van der Waals surface area contributed by atoms with Crippen molar-refractivity contribution in [1.29, 1.82) is 0 Å². The number of nitrogens with one attached hydrogen (secondary N) is 2. The second kappa shape index (κ2) is 10.7. The predicted molar refractivity (Wildman–Crippen MR) is 143 cm³/mol. The molecule has 2 aliphatic rings. The Bertz CT molecular complexity index is 1350. The Morgan fingerprint density at radius 1 is 1.05 bits per heavy atom. The zero-order valence-electron chi connectivity index (χ0n) is 20.9. The second-order valence-electron chi connectivity index (χ2n) is 9.86. The molecule has 3 aromatic rings. The SMILES string of the molecule is CC(C)OC(=O)NC1CCC(c2ncc(-c3ccc(Nc4ncccn4)cc3S(=O)(=O)C3CC3)s2)CC1. The molecule has 0 radical (unpaired) electrons. The molecule has 1 aromatic carbocycles. The average molecular weight is 542 g/mol. The quantitative estimate of drug-likeness (QED) is 0.386. The number of hydrogen-bond donors (Lipinski definition) is 2. The first-order valence-electron chi connectivity index (χ1n) is 12.6. The fourth-order valence-corrected chi connectivity index (χ4v) is 7.67. The van der Waals surface area contributed by atoms with Crippen LogP contribution in [0.15, 0.2) is 47.8 Å². The van der Waals surface area contributed by atoms with Gasteiger partial charge in [-0.25, -0.2) is 28.2 Å². The van der Waals surface area contributed by atoms with Crippen LogP contribution < -0.4 is 10.6 Å². The van der Waals surface area contributed by atoms with E-state index in [9.17, 15) is 13.2 Å². The van der Waals surface area contributed by atoms with Crippen LogP contribution >= 0.6 is 11.3 Å². The number of anilines is 2. The Morgan fingerprint density at radius 2 is 1.78 bits per heavy atom. The molecule has 0 aliphatic heterocycles. The zero-order chi connectivity index (χ0) is 26.0. The molecule has 5 rings (SSSR count). The van der Waals surface area contributed by atoms with Gasteiger partial charge in [-0.05, 0) is 70.6 Å². The third-order valence-electron chi connectivity index (χ3n) is 6.60. The highest BCUT2D eigenvalue weighted by atomic mass is 32.2. The summed E-state index contributed by atoms with van der Waals surface area (Å²) in [6.07, 6.45) is 9.46. The maximum atomic E-state index is 13.4. The Morgan fingerprint density at radius 3 is 2.46 bits per heavy atom. The van der Waals surface area contributed by atoms with Gasteiger partial charge in [0.2, 0.25) is 5.95 Å². The van der Waals surface area contributed by atoms with E-state index in [4.69, 9.17) is 9.72 Å². The molecule has 0 spiro atoms. The van der Waals surface area contributed by atoms with Gasteiger partial charge in [0.1, 0.15) is 0 Å². The smallest absolute Gasteiger partial charge is 0.407 e. The van der Waals surface area contributed by atoms with Crippen LogP contribution in [0, 0.1) is 0 Å². The van der Waals surface area contributed by atoms with Crippen molar-refractivity contribution < 1.29 is 17.9 Å². The van der Waals surface area contributed by atoms with Gasteiger partial charge in [0.05, 0.1) is 26.1 Å². The van der Waals surface area contributed by atoms with E-state index >= 15 is 0 Å². The van der Waals surface area contributed by atoms with E-state index in [-0.39, 0.29) is 29.4 Å². The zero-order valence-corrected chi connectivity index (χ0v) is 22.5. The number of carbonyl (C=O) groups excluding carboxylic acids is 1. The maximum absolute atomic E-state index is 13.4. The van der Waals surface area contributed by atoms with Crippen molar-refractivity contribution in [2.24, 2.45) is 0 Å². The third kappa shape index (κ3) is 6.10. The highest BCUT2D eigenvalue weighted by molar-refractivity contribution is 7.92. The van der Waals surface area contributed by atoms with E-state index in [1.807, 2.05) is 26.0 Å². The standard InChI is InChI=1S/C26H31N5O4S2/c1-16(2)35-26(32)31-18-6-4-17(5-7-18)24-29-15-22(36-24)21-11-8-19(30-25-27-12-3-13-28-25)14-23(21)37(33,34)20-9-10-20/h3,8,11-18,20H,4-7,9-10H2,1-2H3,(H,31,32)(H,27,28,30). The number of nitrogens with zero attached hydrogens (tertiary/aromatic N) is 3. The molecule has 11 heteroatoms. The van der Waals surface area contributed by atoms with Gasteiger partial charge >= 0.3 is 6.09 Å². The summed E-state index contributed by atoms with van der Waals surface area (Å²) >= 11 is 1.56. The van der Waals surface area contributed by atoms with Crippen molar-refractivity contribution in [1.82, 2.24) is 20.3 Å². The van der Waals surface area contributed by atoms with Gasteiger partial charge in [0, 0.05) is 41.8 Å². The molecule has 0 bridgehead atoms. The number of thiazole rings is 1. The Hall–Kier alpha value is -3.05. The molecule has 196 valence electrons. The molecule has 2 fully saturated rings. The lowest BCUT2D eigenvalue weighted by molar-refractivity contribution is 0.109. The lowest BCUT2D eigenvalue weighted by atomic mass is 9.86. The fourth-order valence-electron chi connectivity index (χ4n) is 4.59. The predicted octanol–water partition coefficient (Wildman–Crippen LogP) is 5.44. The molecule has 0 saturated heterocycles. The summed E-state index contributed by atoms with van der Waals surface area (Å²) < 4.78 is 31.9. The largest absolute Gasteiger partial charge is 0.447 e. The third-order valence-corrected chi connectivity index (χ3v) is 10.1.